The van der Waals surface area contributed by atoms with Crippen molar-refractivity contribution in [3.05, 3.63) is 0 Å². The Labute approximate surface area is 299 Å². The Morgan fingerprint density at radius 2 is 0.959 bits per heavy atom. The summed E-state index contributed by atoms with van der Waals surface area (Å²) in [5.41, 5.74) is 0. The van der Waals surface area contributed by atoms with Gasteiger partial charge in [-0.2, -0.15) is 0 Å². The van der Waals surface area contributed by atoms with Crippen LogP contribution in [0.25, 0.3) is 0 Å². The molecule has 0 rings (SSSR count). The Balaban J connectivity index is 4.37. The summed E-state index contributed by atoms with van der Waals surface area (Å²) in [5, 5.41) is 22.9. The molecule has 49 heavy (non-hydrogen) atoms. The average molecular weight is 697 g/mol. The van der Waals surface area contributed by atoms with E-state index in [1.165, 1.54) is 128 Å². The lowest BCUT2D eigenvalue weighted by molar-refractivity contribution is -0.151. The first-order chi connectivity index (χ1) is 23.8. The highest BCUT2D eigenvalue weighted by Crippen LogP contribution is 2.17. The van der Waals surface area contributed by atoms with E-state index in [4.69, 9.17) is 14.9 Å². The lowest BCUT2D eigenvalue weighted by atomic mass is 10.0. The van der Waals surface area contributed by atoms with Gasteiger partial charge in [0.05, 0.1) is 13.0 Å². The van der Waals surface area contributed by atoms with Crippen LogP contribution in [0.5, 0.6) is 0 Å². The zero-order chi connectivity index (χ0) is 36.2. The van der Waals surface area contributed by atoms with Gasteiger partial charge < -0.3 is 25.6 Å². The van der Waals surface area contributed by atoms with E-state index in [0.29, 0.717) is 12.8 Å². The van der Waals surface area contributed by atoms with Gasteiger partial charge in [-0.15, -0.1) is 0 Å². The van der Waals surface area contributed by atoms with Crippen molar-refractivity contribution in [3.8, 4) is 0 Å². The number of amides is 2. The molecule has 0 aliphatic heterocycles. The summed E-state index contributed by atoms with van der Waals surface area (Å²) in [6, 6.07) is -1.37. The third-order valence-electron chi connectivity index (χ3n) is 9.32. The van der Waals surface area contributed by atoms with Crippen molar-refractivity contribution in [2.24, 2.45) is 0 Å². The first kappa shape index (κ1) is 46.8. The van der Waals surface area contributed by atoms with Crippen molar-refractivity contribution in [3.63, 3.8) is 0 Å². The number of aliphatic carboxylic acids is 1. The summed E-state index contributed by atoms with van der Waals surface area (Å²) in [7, 11) is 0. The van der Waals surface area contributed by atoms with Crippen LogP contribution in [0, 0.1) is 0 Å². The minimum atomic E-state index is -1.37. The van der Waals surface area contributed by atoms with Gasteiger partial charge in [-0.05, 0) is 19.3 Å². The smallest absolute Gasteiger partial charge is 0.328 e. The maximum atomic E-state index is 12.7. The first-order valence-corrected chi connectivity index (χ1v) is 20.4. The van der Waals surface area contributed by atoms with Crippen molar-refractivity contribution < 1.29 is 34.1 Å². The molecular weight excluding hydrogens is 620 g/mol. The number of carboxylic acid groups (broad SMARTS) is 1. The Morgan fingerprint density at radius 1 is 0.551 bits per heavy atom. The fraction of sp³-hybridized carbons (Fsp3) is 0.900. The molecule has 2 atom stereocenters. The highest BCUT2D eigenvalue weighted by atomic mass is 16.5. The number of hydrogen-bond acceptors (Lipinski definition) is 6. The number of carbonyl (C=O) groups excluding carboxylic acids is 3. The van der Waals surface area contributed by atoms with Crippen molar-refractivity contribution >= 4 is 23.8 Å². The molecule has 2 amide bonds. The molecule has 0 heterocycles. The molecule has 0 saturated heterocycles. The van der Waals surface area contributed by atoms with Crippen molar-refractivity contribution in [2.75, 3.05) is 13.2 Å². The van der Waals surface area contributed by atoms with Crippen molar-refractivity contribution in [1.29, 1.82) is 0 Å². The minimum absolute atomic E-state index is 0.0286. The molecule has 4 N–H and O–H groups in total. The second-order valence-electron chi connectivity index (χ2n) is 14.1. The van der Waals surface area contributed by atoms with Crippen LogP contribution in [-0.2, 0) is 23.9 Å². The molecule has 0 saturated carbocycles. The SMILES string of the molecule is CCCCCCCCCCCCCCCC(=O)OC(CCCCCCCCCCCCCCC)CC(=O)NCCC(=O)N[C@@H](CO)C(=O)O. The van der Waals surface area contributed by atoms with E-state index in [9.17, 15) is 19.2 Å². The number of hydrogen-bond donors (Lipinski definition) is 4. The van der Waals surface area contributed by atoms with E-state index in [1.54, 1.807) is 0 Å². The second kappa shape index (κ2) is 35.7. The molecule has 0 aliphatic rings. The highest BCUT2D eigenvalue weighted by molar-refractivity contribution is 5.84. The summed E-state index contributed by atoms with van der Waals surface area (Å²) in [5.74, 6) is -2.46. The molecule has 0 spiro atoms. The molecule has 0 aliphatic carbocycles. The van der Waals surface area contributed by atoms with Gasteiger partial charge in [-0.1, -0.05) is 168 Å². The number of unbranched alkanes of at least 4 members (excludes halogenated alkanes) is 24. The molecule has 9 heteroatoms. The zero-order valence-electron chi connectivity index (χ0n) is 31.7. The lowest BCUT2D eigenvalue weighted by Gasteiger charge is -2.18. The predicted octanol–water partition coefficient (Wildman–Crippen LogP) is 9.32. The third-order valence-corrected chi connectivity index (χ3v) is 9.32. The van der Waals surface area contributed by atoms with E-state index in [1.807, 2.05) is 0 Å². The standard InChI is InChI=1S/C40H76N2O7/c1-3-5-7-9-11-13-15-17-19-21-23-25-27-29-35(33-38(45)41-32-31-37(44)42-36(34-43)40(47)48)49-39(46)30-28-26-24-22-20-18-16-14-12-10-8-6-4-2/h35-36,43H,3-34H2,1-2H3,(H,41,45)(H,42,44)(H,47,48)/t35?,36-/m0/s1. The maximum absolute atomic E-state index is 12.7. The van der Waals surface area contributed by atoms with E-state index < -0.39 is 30.6 Å². The molecular formula is C40H76N2O7. The predicted molar refractivity (Wildman–Crippen MR) is 199 cm³/mol. The summed E-state index contributed by atoms with van der Waals surface area (Å²) in [6.07, 6.45) is 32.8. The number of aliphatic hydroxyl groups excluding tert-OH is 1. The number of esters is 1. The summed E-state index contributed by atoms with van der Waals surface area (Å²) >= 11 is 0. The van der Waals surface area contributed by atoms with Gasteiger partial charge in [0.15, 0.2) is 0 Å². The van der Waals surface area contributed by atoms with E-state index in [0.717, 1.165) is 38.5 Å². The van der Waals surface area contributed by atoms with E-state index in [2.05, 4.69) is 24.5 Å². The van der Waals surface area contributed by atoms with Crippen LogP contribution >= 0.6 is 0 Å². The third kappa shape index (κ3) is 32.8. The number of nitrogens with one attached hydrogen (secondary N) is 2. The molecule has 0 bridgehead atoms. The highest BCUT2D eigenvalue weighted by Gasteiger charge is 2.20. The quantitative estimate of drug-likeness (QED) is 0.0375. The van der Waals surface area contributed by atoms with E-state index >= 15 is 0 Å². The van der Waals surface area contributed by atoms with Gasteiger partial charge >= 0.3 is 11.9 Å². The van der Waals surface area contributed by atoms with Gasteiger partial charge in [-0.3, -0.25) is 14.4 Å². The second-order valence-corrected chi connectivity index (χ2v) is 14.1. The topological polar surface area (TPSA) is 142 Å². The van der Waals surface area contributed by atoms with Gasteiger partial charge in [0.1, 0.15) is 12.1 Å². The number of rotatable bonds is 37. The van der Waals surface area contributed by atoms with Gasteiger partial charge in [-0.25, -0.2) is 4.79 Å². The monoisotopic (exact) mass is 697 g/mol. The Hall–Kier alpha value is -2.16. The van der Waals surface area contributed by atoms with Crippen LogP contribution in [-0.4, -0.2) is 59.3 Å². The van der Waals surface area contributed by atoms with Crippen LogP contribution in [0.4, 0.5) is 0 Å². The number of carboxylic acids is 1. The summed E-state index contributed by atoms with van der Waals surface area (Å²) < 4.78 is 5.78. The molecule has 288 valence electrons. The van der Waals surface area contributed by atoms with Crippen LogP contribution in [0.15, 0.2) is 0 Å². The van der Waals surface area contributed by atoms with Gasteiger partial charge in [0.25, 0.3) is 0 Å². The molecule has 9 nitrogen and oxygen atoms in total. The average Bonchev–Trinajstić information content (AvgIpc) is 3.07. The zero-order valence-corrected chi connectivity index (χ0v) is 31.7. The largest absolute Gasteiger partial charge is 0.480 e. The van der Waals surface area contributed by atoms with Crippen LogP contribution in [0.3, 0.4) is 0 Å². The number of ether oxygens (including phenoxy) is 1. The molecule has 0 aromatic carbocycles. The Morgan fingerprint density at radius 3 is 1.37 bits per heavy atom. The van der Waals surface area contributed by atoms with E-state index in [-0.39, 0.29) is 31.3 Å². The molecule has 0 fully saturated rings. The molecule has 0 aromatic rings. The van der Waals surface area contributed by atoms with Crippen LogP contribution in [0.2, 0.25) is 0 Å². The molecule has 1 unspecified atom stereocenters. The minimum Gasteiger partial charge on any atom is -0.480 e. The Bertz CT molecular complexity index is 807. The van der Waals surface area contributed by atoms with Crippen LogP contribution < -0.4 is 10.6 Å². The van der Waals surface area contributed by atoms with Crippen molar-refractivity contribution in [2.45, 2.75) is 219 Å². The van der Waals surface area contributed by atoms with Crippen molar-refractivity contribution in [1.82, 2.24) is 10.6 Å². The number of aliphatic hydroxyl groups is 1. The lowest BCUT2D eigenvalue weighted by Crippen LogP contribution is -2.44. The fourth-order valence-corrected chi connectivity index (χ4v) is 6.17. The molecule has 0 radical (unpaired) electrons. The molecule has 0 aromatic heterocycles. The van der Waals surface area contributed by atoms with Crippen LogP contribution in [0.1, 0.15) is 206 Å². The first-order valence-electron chi connectivity index (χ1n) is 20.4. The fourth-order valence-electron chi connectivity index (χ4n) is 6.17. The number of carbonyl (C=O) groups is 4. The van der Waals surface area contributed by atoms with Gasteiger partial charge in [0.2, 0.25) is 11.8 Å². The normalized spacial score (nSPS) is 12.4. The van der Waals surface area contributed by atoms with Gasteiger partial charge in [0, 0.05) is 19.4 Å². The summed E-state index contributed by atoms with van der Waals surface area (Å²) in [6.45, 7) is 3.82. The maximum Gasteiger partial charge on any atom is 0.328 e. The summed E-state index contributed by atoms with van der Waals surface area (Å²) in [4.78, 5) is 48.3. The Kier molecular flexibility index (Phi) is 34.1.